The van der Waals surface area contributed by atoms with Crippen molar-refractivity contribution in [3.05, 3.63) is 0 Å². The zero-order valence-corrected chi connectivity index (χ0v) is 9.89. The third-order valence-electron chi connectivity index (χ3n) is 2.11. The van der Waals surface area contributed by atoms with E-state index >= 15 is 0 Å². The summed E-state index contributed by atoms with van der Waals surface area (Å²) in [4.78, 5) is 11.4. The fourth-order valence-electron chi connectivity index (χ4n) is 1.13. The van der Waals surface area contributed by atoms with Crippen LogP contribution < -0.4 is 11.1 Å². The lowest BCUT2D eigenvalue weighted by Crippen LogP contribution is -2.41. The van der Waals surface area contributed by atoms with E-state index in [9.17, 15) is 4.79 Å². The van der Waals surface area contributed by atoms with Crippen LogP contribution in [0.2, 0.25) is 0 Å². The van der Waals surface area contributed by atoms with Crippen molar-refractivity contribution in [3.8, 4) is 0 Å². The van der Waals surface area contributed by atoms with E-state index in [-0.39, 0.29) is 17.4 Å². The van der Waals surface area contributed by atoms with Crippen LogP contribution in [-0.4, -0.2) is 18.5 Å². The topological polar surface area (TPSA) is 55.1 Å². The second-order valence-corrected chi connectivity index (χ2v) is 5.00. The molecule has 84 valence electrons. The van der Waals surface area contributed by atoms with E-state index in [2.05, 4.69) is 26.1 Å². The molecular formula is C11H24N2O. The fraction of sp³-hybridized carbons (Fsp3) is 0.909. The van der Waals surface area contributed by atoms with Crippen LogP contribution in [0.25, 0.3) is 0 Å². The minimum Gasteiger partial charge on any atom is -0.355 e. The first-order valence-electron chi connectivity index (χ1n) is 5.40. The summed E-state index contributed by atoms with van der Waals surface area (Å²) in [6, 6.07) is -0.333. The molecule has 0 aliphatic heterocycles. The summed E-state index contributed by atoms with van der Waals surface area (Å²) in [5.74, 6) is -0.0175. The number of rotatable bonds is 5. The van der Waals surface area contributed by atoms with E-state index < -0.39 is 0 Å². The van der Waals surface area contributed by atoms with Gasteiger partial charge in [-0.2, -0.15) is 0 Å². The van der Waals surface area contributed by atoms with Gasteiger partial charge < -0.3 is 11.1 Å². The van der Waals surface area contributed by atoms with Gasteiger partial charge in [-0.1, -0.05) is 34.1 Å². The molecule has 0 aliphatic carbocycles. The number of hydrogen-bond acceptors (Lipinski definition) is 2. The van der Waals surface area contributed by atoms with E-state index in [1.807, 2.05) is 6.92 Å². The first kappa shape index (κ1) is 13.4. The molecule has 3 heteroatoms. The number of nitrogens with two attached hydrogens (primary N) is 1. The molecule has 0 bridgehead atoms. The monoisotopic (exact) mass is 200 g/mol. The zero-order chi connectivity index (χ0) is 11.2. The molecule has 0 rings (SSSR count). The van der Waals surface area contributed by atoms with Crippen LogP contribution in [0.5, 0.6) is 0 Å². The molecule has 0 radical (unpaired) electrons. The number of hydrogen-bond donors (Lipinski definition) is 2. The maximum atomic E-state index is 11.4. The third kappa shape index (κ3) is 6.89. The molecule has 3 N–H and O–H groups in total. The van der Waals surface area contributed by atoms with Gasteiger partial charge in [-0.05, 0) is 18.3 Å². The Hall–Kier alpha value is -0.570. The quantitative estimate of drug-likeness (QED) is 0.709. The summed E-state index contributed by atoms with van der Waals surface area (Å²) in [6.07, 6.45) is 2.70. The Balaban J connectivity index is 3.64. The number of carbonyl (C=O) groups is 1. The van der Waals surface area contributed by atoms with Gasteiger partial charge in [-0.3, -0.25) is 4.79 Å². The molecule has 14 heavy (non-hydrogen) atoms. The first-order valence-corrected chi connectivity index (χ1v) is 5.40. The highest BCUT2D eigenvalue weighted by atomic mass is 16.2. The minimum atomic E-state index is -0.333. The molecule has 0 saturated heterocycles. The van der Waals surface area contributed by atoms with Gasteiger partial charge in [0.05, 0.1) is 6.04 Å². The fourth-order valence-corrected chi connectivity index (χ4v) is 1.13. The lowest BCUT2D eigenvalue weighted by Gasteiger charge is -2.19. The maximum Gasteiger partial charge on any atom is 0.236 e. The Labute approximate surface area is 87.4 Å². The largest absolute Gasteiger partial charge is 0.355 e. The van der Waals surface area contributed by atoms with E-state index in [4.69, 9.17) is 5.73 Å². The zero-order valence-electron chi connectivity index (χ0n) is 9.89. The Morgan fingerprint density at radius 3 is 2.43 bits per heavy atom. The molecule has 0 aromatic carbocycles. The van der Waals surface area contributed by atoms with E-state index in [1.165, 1.54) is 0 Å². The van der Waals surface area contributed by atoms with Crippen molar-refractivity contribution in [2.75, 3.05) is 6.54 Å². The van der Waals surface area contributed by atoms with Crippen LogP contribution in [0.15, 0.2) is 0 Å². The van der Waals surface area contributed by atoms with Gasteiger partial charge in [0.2, 0.25) is 5.91 Å². The van der Waals surface area contributed by atoms with Crippen molar-refractivity contribution in [1.82, 2.24) is 5.32 Å². The smallest absolute Gasteiger partial charge is 0.236 e. The van der Waals surface area contributed by atoms with Crippen molar-refractivity contribution in [3.63, 3.8) is 0 Å². The summed E-state index contributed by atoms with van der Waals surface area (Å²) in [5.41, 5.74) is 5.93. The highest BCUT2D eigenvalue weighted by Crippen LogP contribution is 2.16. The van der Waals surface area contributed by atoms with Gasteiger partial charge in [0.1, 0.15) is 0 Å². The molecule has 0 spiro atoms. The average molecular weight is 200 g/mol. The van der Waals surface area contributed by atoms with Gasteiger partial charge in [0.25, 0.3) is 0 Å². The maximum absolute atomic E-state index is 11.4. The predicted octanol–water partition coefficient (Wildman–Crippen LogP) is 1.67. The molecule has 0 saturated carbocycles. The predicted molar refractivity (Wildman–Crippen MR) is 60.0 cm³/mol. The van der Waals surface area contributed by atoms with Gasteiger partial charge in [-0.15, -0.1) is 0 Å². The molecule has 1 unspecified atom stereocenters. The van der Waals surface area contributed by atoms with Crippen LogP contribution in [-0.2, 0) is 4.79 Å². The molecule has 1 atom stereocenters. The highest BCUT2D eigenvalue weighted by Gasteiger charge is 2.14. The summed E-state index contributed by atoms with van der Waals surface area (Å²) < 4.78 is 0. The van der Waals surface area contributed by atoms with Gasteiger partial charge in [-0.25, -0.2) is 0 Å². The molecule has 1 amide bonds. The number of amides is 1. The lowest BCUT2D eigenvalue weighted by molar-refractivity contribution is -0.122. The molecule has 3 nitrogen and oxygen atoms in total. The lowest BCUT2D eigenvalue weighted by atomic mass is 9.92. The Morgan fingerprint density at radius 2 is 2.00 bits per heavy atom. The Bertz CT molecular complexity index is 173. The van der Waals surface area contributed by atoms with Crippen LogP contribution in [0.3, 0.4) is 0 Å². The van der Waals surface area contributed by atoms with Crippen molar-refractivity contribution in [2.24, 2.45) is 11.1 Å². The van der Waals surface area contributed by atoms with Crippen molar-refractivity contribution >= 4 is 5.91 Å². The minimum absolute atomic E-state index is 0.0175. The first-order chi connectivity index (χ1) is 6.37. The number of carbonyl (C=O) groups excluding carboxylic acids is 1. The highest BCUT2D eigenvalue weighted by molar-refractivity contribution is 5.81. The second-order valence-electron chi connectivity index (χ2n) is 5.00. The van der Waals surface area contributed by atoms with Crippen LogP contribution in [0.1, 0.15) is 47.0 Å². The molecule has 0 aromatic rings. The van der Waals surface area contributed by atoms with Crippen molar-refractivity contribution in [1.29, 1.82) is 0 Å². The summed E-state index contributed by atoms with van der Waals surface area (Å²) in [5, 5.41) is 2.86. The summed E-state index contributed by atoms with van der Waals surface area (Å²) in [6.45, 7) is 9.23. The molecule has 0 fully saturated rings. The Kier molecular flexibility index (Phi) is 5.77. The van der Waals surface area contributed by atoms with Crippen LogP contribution >= 0.6 is 0 Å². The normalized spacial score (nSPS) is 13.8. The standard InChI is InChI=1S/C11H24N2O/c1-5-6-9(12)10(14)13-8-7-11(2,3)4/h9H,5-8,12H2,1-4H3,(H,13,14). The van der Waals surface area contributed by atoms with Crippen molar-refractivity contribution in [2.45, 2.75) is 53.0 Å². The third-order valence-corrected chi connectivity index (χ3v) is 2.11. The molecule has 0 aromatic heterocycles. The van der Waals surface area contributed by atoms with E-state index in [0.29, 0.717) is 0 Å². The van der Waals surface area contributed by atoms with E-state index in [0.717, 1.165) is 25.8 Å². The molecule has 0 heterocycles. The van der Waals surface area contributed by atoms with Crippen LogP contribution in [0.4, 0.5) is 0 Å². The SMILES string of the molecule is CCCC(N)C(=O)NCCC(C)(C)C. The molecule has 0 aliphatic rings. The van der Waals surface area contributed by atoms with Gasteiger partial charge in [0, 0.05) is 6.54 Å². The average Bonchev–Trinajstić information content (AvgIpc) is 2.02. The summed E-state index contributed by atoms with van der Waals surface area (Å²) in [7, 11) is 0. The number of nitrogens with one attached hydrogen (secondary N) is 1. The Morgan fingerprint density at radius 1 is 1.43 bits per heavy atom. The van der Waals surface area contributed by atoms with Crippen LogP contribution in [0, 0.1) is 5.41 Å². The van der Waals surface area contributed by atoms with E-state index in [1.54, 1.807) is 0 Å². The van der Waals surface area contributed by atoms with Gasteiger partial charge >= 0.3 is 0 Å². The van der Waals surface area contributed by atoms with Gasteiger partial charge in [0.15, 0.2) is 0 Å². The second kappa shape index (κ2) is 6.02. The molecular weight excluding hydrogens is 176 g/mol. The summed E-state index contributed by atoms with van der Waals surface area (Å²) >= 11 is 0. The van der Waals surface area contributed by atoms with Crippen molar-refractivity contribution < 1.29 is 4.79 Å².